The average molecular weight is 241 g/mol. The van der Waals surface area contributed by atoms with Gasteiger partial charge in [-0.15, -0.1) is 0 Å². The normalized spacial score (nSPS) is 20.8. The van der Waals surface area contributed by atoms with Crippen LogP contribution in [0.1, 0.15) is 24.0 Å². The van der Waals surface area contributed by atoms with Crippen molar-refractivity contribution in [3.8, 4) is 5.75 Å². The summed E-state index contributed by atoms with van der Waals surface area (Å²) in [6.07, 6.45) is -0.301. The monoisotopic (exact) mass is 241 g/mol. The van der Waals surface area contributed by atoms with Crippen molar-refractivity contribution in [1.82, 2.24) is 0 Å². The van der Waals surface area contributed by atoms with Crippen LogP contribution in [0.25, 0.3) is 0 Å². The molecular formula is C13H17F2NO. The Balaban J connectivity index is 2.31. The van der Waals surface area contributed by atoms with Gasteiger partial charge < -0.3 is 10.5 Å². The van der Waals surface area contributed by atoms with E-state index in [4.69, 9.17) is 10.5 Å². The molecule has 1 aromatic carbocycles. The quantitative estimate of drug-likeness (QED) is 0.883. The van der Waals surface area contributed by atoms with Crippen LogP contribution in [0.15, 0.2) is 18.2 Å². The van der Waals surface area contributed by atoms with Gasteiger partial charge in [0, 0.05) is 24.8 Å². The first-order valence-corrected chi connectivity index (χ1v) is 5.65. The fourth-order valence-electron chi connectivity index (χ4n) is 2.61. The number of hydrogen-bond donors (Lipinski definition) is 1. The van der Waals surface area contributed by atoms with Crippen molar-refractivity contribution in [3.63, 3.8) is 0 Å². The fourth-order valence-corrected chi connectivity index (χ4v) is 2.61. The summed E-state index contributed by atoms with van der Waals surface area (Å²) in [4.78, 5) is 0. The van der Waals surface area contributed by atoms with Gasteiger partial charge in [-0.05, 0) is 24.1 Å². The number of aryl methyl sites for hydroxylation is 1. The zero-order valence-corrected chi connectivity index (χ0v) is 10.1. The molecule has 0 bridgehead atoms. The average Bonchev–Trinajstić information content (AvgIpc) is 2.25. The topological polar surface area (TPSA) is 35.2 Å². The lowest BCUT2D eigenvalue weighted by Gasteiger charge is -2.47. The second kappa shape index (κ2) is 3.95. The SMILES string of the molecule is COc1ccc(C2(CN)CC(F)(F)C2)cc1C. The van der Waals surface area contributed by atoms with E-state index in [1.54, 1.807) is 7.11 Å². The summed E-state index contributed by atoms with van der Waals surface area (Å²) in [5.41, 5.74) is 6.97. The maximum atomic E-state index is 13.1. The van der Waals surface area contributed by atoms with Crippen molar-refractivity contribution >= 4 is 0 Å². The molecule has 17 heavy (non-hydrogen) atoms. The number of halogens is 2. The van der Waals surface area contributed by atoms with Gasteiger partial charge in [-0.2, -0.15) is 0 Å². The van der Waals surface area contributed by atoms with Gasteiger partial charge in [0.2, 0.25) is 5.92 Å². The molecule has 0 aliphatic heterocycles. The minimum absolute atomic E-state index is 0.151. The maximum absolute atomic E-state index is 13.1. The highest BCUT2D eigenvalue weighted by atomic mass is 19.3. The second-order valence-corrected chi connectivity index (χ2v) is 4.88. The zero-order valence-electron chi connectivity index (χ0n) is 10.1. The molecule has 1 fully saturated rings. The Bertz CT molecular complexity index is 423. The lowest BCUT2D eigenvalue weighted by molar-refractivity contribution is -0.123. The van der Waals surface area contributed by atoms with Crippen LogP contribution in [0.4, 0.5) is 8.78 Å². The Kier molecular flexibility index (Phi) is 2.86. The molecule has 1 saturated carbocycles. The minimum Gasteiger partial charge on any atom is -0.496 e. The summed E-state index contributed by atoms with van der Waals surface area (Å²) in [5, 5.41) is 0. The van der Waals surface area contributed by atoms with E-state index in [9.17, 15) is 8.78 Å². The van der Waals surface area contributed by atoms with Crippen LogP contribution < -0.4 is 10.5 Å². The Hall–Kier alpha value is -1.16. The molecule has 0 radical (unpaired) electrons. The predicted molar refractivity (Wildman–Crippen MR) is 62.6 cm³/mol. The standard InChI is InChI=1S/C13H17F2NO/c1-9-5-10(3-4-11(9)17-2)12(8-16)6-13(14,15)7-12/h3-5H,6-8,16H2,1-2H3. The summed E-state index contributed by atoms with van der Waals surface area (Å²) in [7, 11) is 1.60. The largest absolute Gasteiger partial charge is 0.496 e. The number of benzene rings is 1. The third-order valence-corrected chi connectivity index (χ3v) is 3.59. The smallest absolute Gasteiger partial charge is 0.250 e. The second-order valence-electron chi connectivity index (χ2n) is 4.88. The first kappa shape index (κ1) is 12.3. The van der Waals surface area contributed by atoms with Gasteiger partial charge in [0.1, 0.15) is 5.75 Å². The fraction of sp³-hybridized carbons (Fsp3) is 0.538. The molecule has 0 spiro atoms. The molecule has 2 rings (SSSR count). The van der Waals surface area contributed by atoms with E-state index in [0.29, 0.717) is 0 Å². The van der Waals surface area contributed by atoms with Gasteiger partial charge in [0.15, 0.2) is 0 Å². The van der Waals surface area contributed by atoms with Gasteiger partial charge in [0.05, 0.1) is 7.11 Å². The van der Waals surface area contributed by atoms with Gasteiger partial charge in [0.25, 0.3) is 0 Å². The van der Waals surface area contributed by atoms with Crippen LogP contribution in [-0.2, 0) is 5.41 Å². The molecule has 1 aliphatic rings. The molecule has 1 aromatic rings. The number of ether oxygens (including phenoxy) is 1. The van der Waals surface area contributed by atoms with Crippen LogP contribution in [-0.4, -0.2) is 19.6 Å². The number of hydrogen-bond acceptors (Lipinski definition) is 2. The van der Waals surface area contributed by atoms with E-state index in [0.717, 1.165) is 16.9 Å². The van der Waals surface area contributed by atoms with E-state index < -0.39 is 11.3 Å². The number of methoxy groups -OCH3 is 1. The minimum atomic E-state index is -2.56. The van der Waals surface area contributed by atoms with Gasteiger partial charge in [-0.3, -0.25) is 0 Å². The van der Waals surface area contributed by atoms with Crippen molar-refractivity contribution in [2.75, 3.05) is 13.7 Å². The number of nitrogens with two attached hydrogens (primary N) is 1. The third kappa shape index (κ3) is 2.02. The summed E-state index contributed by atoms with van der Waals surface area (Å²) >= 11 is 0. The van der Waals surface area contributed by atoms with Crippen molar-refractivity contribution in [2.24, 2.45) is 5.73 Å². The van der Waals surface area contributed by atoms with Crippen molar-refractivity contribution in [3.05, 3.63) is 29.3 Å². The molecular weight excluding hydrogens is 224 g/mol. The highest BCUT2D eigenvalue weighted by Crippen LogP contribution is 2.53. The van der Waals surface area contributed by atoms with Crippen LogP contribution >= 0.6 is 0 Å². The van der Waals surface area contributed by atoms with Crippen LogP contribution in [0.5, 0.6) is 5.75 Å². The summed E-state index contributed by atoms with van der Waals surface area (Å²) in [6.45, 7) is 2.16. The Morgan fingerprint density at radius 3 is 2.41 bits per heavy atom. The Morgan fingerprint density at radius 1 is 1.35 bits per heavy atom. The van der Waals surface area contributed by atoms with E-state index in [2.05, 4.69) is 0 Å². The van der Waals surface area contributed by atoms with E-state index in [-0.39, 0.29) is 19.4 Å². The van der Waals surface area contributed by atoms with Crippen molar-refractivity contribution < 1.29 is 13.5 Å². The summed E-state index contributed by atoms with van der Waals surface area (Å²) in [5.74, 6) is -1.79. The maximum Gasteiger partial charge on any atom is 0.250 e. The van der Waals surface area contributed by atoms with Crippen molar-refractivity contribution in [1.29, 1.82) is 0 Å². The van der Waals surface area contributed by atoms with Gasteiger partial charge in [-0.25, -0.2) is 8.78 Å². The first-order chi connectivity index (χ1) is 7.92. The van der Waals surface area contributed by atoms with Gasteiger partial charge in [-0.1, -0.05) is 12.1 Å². The Labute approximate surface area is 99.8 Å². The number of alkyl halides is 2. The molecule has 0 saturated heterocycles. The summed E-state index contributed by atoms with van der Waals surface area (Å²) in [6, 6.07) is 5.56. The zero-order chi connectivity index (χ0) is 12.7. The van der Waals surface area contributed by atoms with Crippen LogP contribution in [0, 0.1) is 6.92 Å². The summed E-state index contributed by atoms with van der Waals surface area (Å²) < 4.78 is 31.3. The van der Waals surface area contributed by atoms with E-state index in [1.165, 1.54) is 0 Å². The molecule has 4 heteroatoms. The Morgan fingerprint density at radius 2 is 2.00 bits per heavy atom. The number of rotatable bonds is 3. The highest BCUT2D eigenvalue weighted by Gasteiger charge is 2.56. The molecule has 0 atom stereocenters. The van der Waals surface area contributed by atoms with Crippen molar-refractivity contribution in [2.45, 2.75) is 31.1 Å². The molecule has 2 nitrogen and oxygen atoms in total. The lowest BCUT2D eigenvalue weighted by Crippen LogP contribution is -2.53. The molecule has 0 unspecified atom stereocenters. The molecule has 0 aromatic heterocycles. The highest BCUT2D eigenvalue weighted by molar-refractivity contribution is 5.41. The molecule has 94 valence electrons. The van der Waals surface area contributed by atoms with Gasteiger partial charge >= 0.3 is 0 Å². The van der Waals surface area contributed by atoms with E-state index >= 15 is 0 Å². The lowest BCUT2D eigenvalue weighted by atomic mass is 9.62. The van der Waals surface area contributed by atoms with Crippen LogP contribution in [0.3, 0.4) is 0 Å². The first-order valence-electron chi connectivity index (χ1n) is 5.65. The van der Waals surface area contributed by atoms with Crippen LogP contribution in [0.2, 0.25) is 0 Å². The third-order valence-electron chi connectivity index (χ3n) is 3.59. The molecule has 1 aliphatic carbocycles. The molecule has 2 N–H and O–H groups in total. The molecule has 0 amide bonds. The van der Waals surface area contributed by atoms with E-state index in [1.807, 2.05) is 25.1 Å². The molecule has 0 heterocycles. The predicted octanol–water partition coefficient (Wildman–Crippen LogP) is 2.63.